The fourth-order valence-electron chi connectivity index (χ4n) is 1.69. The van der Waals surface area contributed by atoms with Gasteiger partial charge in [-0.2, -0.15) is 0 Å². The standard InChI is InChI=1S/C11H25NO2S/c1-5-8-12-11(7-3)10(4)15(13,14)9-6-2/h10-12H,5-9H2,1-4H3. The van der Waals surface area contributed by atoms with Gasteiger partial charge in [0.25, 0.3) is 0 Å². The van der Waals surface area contributed by atoms with E-state index in [1.165, 1.54) is 0 Å². The summed E-state index contributed by atoms with van der Waals surface area (Å²) in [7, 11) is -2.91. The minimum absolute atomic E-state index is 0.0986. The topological polar surface area (TPSA) is 46.2 Å². The Bertz CT molecular complexity index is 249. The maximum absolute atomic E-state index is 11.9. The Balaban J connectivity index is 4.42. The lowest BCUT2D eigenvalue weighted by molar-refractivity contribution is 0.471. The summed E-state index contributed by atoms with van der Waals surface area (Å²) in [6.07, 6.45) is 2.61. The molecule has 0 spiro atoms. The van der Waals surface area contributed by atoms with Crippen LogP contribution in [0.2, 0.25) is 0 Å². The van der Waals surface area contributed by atoms with Crippen molar-refractivity contribution in [2.75, 3.05) is 12.3 Å². The smallest absolute Gasteiger partial charge is 0.154 e. The highest BCUT2D eigenvalue weighted by atomic mass is 32.2. The van der Waals surface area contributed by atoms with Gasteiger partial charge in [0.2, 0.25) is 0 Å². The predicted octanol–water partition coefficient (Wildman–Crippen LogP) is 1.98. The summed E-state index contributed by atoms with van der Waals surface area (Å²) in [5.41, 5.74) is 0. The van der Waals surface area contributed by atoms with Crippen molar-refractivity contribution in [1.29, 1.82) is 0 Å². The predicted molar refractivity (Wildman–Crippen MR) is 65.9 cm³/mol. The van der Waals surface area contributed by atoms with Gasteiger partial charge in [0, 0.05) is 6.04 Å². The van der Waals surface area contributed by atoms with Gasteiger partial charge in [0.05, 0.1) is 11.0 Å². The molecule has 0 aliphatic heterocycles. The number of rotatable bonds is 8. The Kier molecular flexibility index (Phi) is 7.18. The van der Waals surface area contributed by atoms with E-state index in [9.17, 15) is 8.42 Å². The zero-order valence-electron chi connectivity index (χ0n) is 10.4. The molecule has 0 aromatic carbocycles. The third-order valence-corrected chi connectivity index (χ3v) is 5.16. The van der Waals surface area contributed by atoms with Gasteiger partial charge in [0.15, 0.2) is 9.84 Å². The Morgan fingerprint density at radius 2 is 1.73 bits per heavy atom. The first-order valence-electron chi connectivity index (χ1n) is 5.94. The van der Waals surface area contributed by atoms with E-state index < -0.39 is 9.84 Å². The molecule has 2 atom stereocenters. The molecule has 0 fully saturated rings. The van der Waals surface area contributed by atoms with Crippen LogP contribution in [0, 0.1) is 0 Å². The first kappa shape index (κ1) is 14.9. The van der Waals surface area contributed by atoms with E-state index in [1.807, 2.05) is 20.8 Å². The molecule has 2 unspecified atom stereocenters. The molecule has 0 amide bonds. The van der Waals surface area contributed by atoms with E-state index in [0.717, 1.165) is 19.4 Å². The molecule has 0 saturated heterocycles. The zero-order chi connectivity index (χ0) is 11.9. The molecule has 0 rings (SSSR count). The Morgan fingerprint density at radius 1 is 1.13 bits per heavy atom. The lowest BCUT2D eigenvalue weighted by Crippen LogP contribution is -2.43. The van der Waals surface area contributed by atoms with E-state index in [-0.39, 0.29) is 11.3 Å². The molecule has 0 aliphatic carbocycles. The SMILES string of the molecule is CCCNC(CC)C(C)S(=O)(=O)CCC. The molecule has 0 aliphatic rings. The first-order valence-corrected chi connectivity index (χ1v) is 7.66. The molecule has 3 nitrogen and oxygen atoms in total. The molecule has 0 aromatic heterocycles. The van der Waals surface area contributed by atoms with E-state index in [1.54, 1.807) is 0 Å². The second-order valence-corrected chi connectivity index (χ2v) is 6.52. The van der Waals surface area contributed by atoms with E-state index >= 15 is 0 Å². The highest BCUT2D eigenvalue weighted by Gasteiger charge is 2.26. The van der Waals surface area contributed by atoms with E-state index in [0.29, 0.717) is 12.2 Å². The summed E-state index contributed by atoms with van der Waals surface area (Å²) in [6, 6.07) is 0.0986. The summed E-state index contributed by atoms with van der Waals surface area (Å²) in [5, 5.41) is 3.03. The fourth-order valence-corrected chi connectivity index (χ4v) is 3.42. The lowest BCUT2D eigenvalue weighted by Gasteiger charge is -2.23. The van der Waals surface area contributed by atoms with Crippen LogP contribution in [0.15, 0.2) is 0 Å². The van der Waals surface area contributed by atoms with Crippen molar-refractivity contribution in [3.05, 3.63) is 0 Å². The van der Waals surface area contributed by atoms with E-state index in [4.69, 9.17) is 0 Å². The van der Waals surface area contributed by atoms with Crippen molar-refractivity contribution in [3.8, 4) is 0 Å². The largest absolute Gasteiger partial charge is 0.313 e. The average molecular weight is 235 g/mol. The molecule has 0 saturated carbocycles. The molecule has 92 valence electrons. The Hall–Kier alpha value is -0.0900. The van der Waals surface area contributed by atoms with Crippen molar-refractivity contribution in [2.24, 2.45) is 0 Å². The van der Waals surface area contributed by atoms with E-state index in [2.05, 4.69) is 12.2 Å². The minimum Gasteiger partial charge on any atom is -0.313 e. The normalized spacial score (nSPS) is 16.3. The van der Waals surface area contributed by atoms with Crippen LogP contribution in [0.5, 0.6) is 0 Å². The number of hydrogen-bond acceptors (Lipinski definition) is 3. The zero-order valence-corrected chi connectivity index (χ0v) is 11.2. The summed E-state index contributed by atoms with van der Waals surface area (Å²) in [4.78, 5) is 0. The molecule has 0 heterocycles. The molecule has 0 aromatic rings. The molecule has 0 radical (unpaired) electrons. The summed E-state index contributed by atoms with van der Waals surface area (Å²) < 4.78 is 23.7. The maximum Gasteiger partial charge on any atom is 0.154 e. The summed E-state index contributed by atoms with van der Waals surface area (Å²) >= 11 is 0. The van der Waals surface area contributed by atoms with Crippen LogP contribution in [-0.2, 0) is 9.84 Å². The molecule has 15 heavy (non-hydrogen) atoms. The van der Waals surface area contributed by atoms with Gasteiger partial charge in [-0.1, -0.05) is 20.8 Å². The van der Waals surface area contributed by atoms with Crippen LogP contribution < -0.4 is 5.32 Å². The van der Waals surface area contributed by atoms with Crippen molar-refractivity contribution < 1.29 is 8.42 Å². The van der Waals surface area contributed by atoms with Crippen molar-refractivity contribution in [1.82, 2.24) is 5.32 Å². The second-order valence-electron chi connectivity index (χ2n) is 4.04. The fraction of sp³-hybridized carbons (Fsp3) is 1.00. The monoisotopic (exact) mass is 235 g/mol. The lowest BCUT2D eigenvalue weighted by atomic mass is 10.1. The third kappa shape index (κ3) is 4.98. The van der Waals surface area contributed by atoms with Gasteiger partial charge in [-0.3, -0.25) is 0 Å². The molecule has 1 N–H and O–H groups in total. The van der Waals surface area contributed by atoms with Gasteiger partial charge >= 0.3 is 0 Å². The molecule has 4 heteroatoms. The van der Waals surface area contributed by atoms with Gasteiger partial charge in [-0.15, -0.1) is 0 Å². The summed E-state index contributed by atoms with van der Waals surface area (Å²) in [6.45, 7) is 8.74. The number of sulfone groups is 1. The summed E-state index contributed by atoms with van der Waals surface area (Å²) in [5.74, 6) is 0.304. The maximum atomic E-state index is 11.9. The highest BCUT2D eigenvalue weighted by Crippen LogP contribution is 2.11. The number of nitrogens with one attached hydrogen (secondary N) is 1. The Labute approximate surface area is 94.6 Å². The molecular weight excluding hydrogens is 210 g/mol. The van der Waals surface area contributed by atoms with Crippen LogP contribution in [0.25, 0.3) is 0 Å². The molecular formula is C11H25NO2S. The van der Waals surface area contributed by atoms with Crippen LogP contribution in [0.1, 0.15) is 47.0 Å². The highest BCUT2D eigenvalue weighted by molar-refractivity contribution is 7.92. The van der Waals surface area contributed by atoms with Gasteiger partial charge in [0.1, 0.15) is 0 Å². The quantitative estimate of drug-likeness (QED) is 0.700. The van der Waals surface area contributed by atoms with Crippen LogP contribution in [0.4, 0.5) is 0 Å². The first-order chi connectivity index (χ1) is 6.99. The van der Waals surface area contributed by atoms with Crippen LogP contribution in [0.3, 0.4) is 0 Å². The van der Waals surface area contributed by atoms with Crippen LogP contribution in [-0.4, -0.2) is 32.0 Å². The van der Waals surface area contributed by atoms with Crippen molar-refractivity contribution in [2.45, 2.75) is 58.2 Å². The molecule has 0 bridgehead atoms. The minimum atomic E-state index is -2.91. The van der Waals surface area contributed by atoms with Gasteiger partial charge in [-0.05, 0) is 32.7 Å². The van der Waals surface area contributed by atoms with Crippen LogP contribution >= 0.6 is 0 Å². The third-order valence-electron chi connectivity index (χ3n) is 2.72. The average Bonchev–Trinajstić information content (AvgIpc) is 2.18. The van der Waals surface area contributed by atoms with Crippen molar-refractivity contribution in [3.63, 3.8) is 0 Å². The Morgan fingerprint density at radius 3 is 2.13 bits per heavy atom. The van der Waals surface area contributed by atoms with Crippen molar-refractivity contribution >= 4 is 9.84 Å². The number of hydrogen-bond donors (Lipinski definition) is 1. The van der Waals surface area contributed by atoms with Gasteiger partial charge < -0.3 is 5.32 Å². The van der Waals surface area contributed by atoms with Gasteiger partial charge in [-0.25, -0.2) is 8.42 Å². The second kappa shape index (κ2) is 7.23.